The third-order valence-corrected chi connectivity index (χ3v) is 3.91. The van der Waals surface area contributed by atoms with Gasteiger partial charge in [0, 0.05) is 25.0 Å². The minimum atomic E-state index is -0.520. The van der Waals surface area contributed by atoms with Gasteiger partial charge >= 0.3 is 6.09 Å². The number of carbonyl (C=O) groups excluding carboxylic acids is 1. The van der Waals surface area contributed by atoms with E-state index in [1.807, 2.05) is 53.7 Å². The first kappa shape index (κ1) is 20.4. The van der Waals surface area contributed by atoms with Crippen molar-refractivity contribution in [2.45, 2.75) is 66.1 Å². The Morgan fingerprint density at radius 2 is 1.88 bits per heavy atom. The number of hydrogen-bond donors (Lipinski definition) is 1. The second-order valence-electron chi connectivity index (χ2n) is 6.98. The van der Waals surface area contributed by atoms with Crippen molar-refractivity contribution >= 4 is 6.09 Å². The van der Waals surface area contributed by atoms with E-state index in [1.165, 1.54) is 0 Å². The van der Waals surface area contributed by atoms with Gasteiger partial charge in [0.25, 0.3) is 0 Å². The molecule has 2 rings (SSSR count). The molecule has 5 nitrogen and oxygen atoms in total. The van der Waals surface area contributed by atoms with Crippen LogP contribution in [0.2, 0.25) is 0 Å². The molecule has 0 spiro atoms. The van der Waals surface area contributed by atoms with E-state index in [1.54, 1.807) is 11.1 Å². The lowest BCUT2D eigenvalue weighted by Gasteiger charge is -2.35. The summed E-state index contributed by atoms with van der Waals surface area (Å²) in [4.78, 5) is 18.0. The van der Waals surface area contributed by atoms with Gasteiger partial charge in [0.1, 0.15) is 5.60 Å². The lowest BCUT2D eigenvalue weighted by molar-refractivity contribution is 0.00762. The maximum Gasteiger partial charge on any atom is 0.410 e. The number of nitrogens with zero attached hydrogens (tertiary/aromatic N) is 2. The quantitative estimate of drug-likeness (QED) is 0.883. The third kappa shape index (κ3) is 6.11. The Kier molecular flexibility index (Phi) is 7.67. The Bertz CT molecular complexity index is 500. The molecule has 5 heteroatoms. The molecule has 1 N–H and O–H groups in total. The molecule has 1 fully saturated rings. The van der Waals surface area contributed by atoms with Crippen molar-refractivity contribution in [2.24, 2.45) is 5.92 Å². The first-order valence-corrected chi connectivity index (χ1v) is 8.85. The Morgan fingerprint density at radius 1 is 1.29 bits per heavy atom. The van der Waals surface area contributed by atoms with Crippen LogP contribution >= 0.6 is 0 Å². The molecule has 1 aliphatic heterocycles. The first-order valence-electron chi connectivity index (χ1n) is 8.85. The zero-order chi connectivity index (χ0) is 18.3. The van der Waals surface area contributed by atoms with Gasteiger partial charge < -0.3 is 14.7 Å². The standard InChI is InChI=1S/C17H26N2O3.C2H6/c1-12-5-6-14(11-18-12)15(20)13-7-9-19(10-8-13)16(21)22-17(2,3)4;1-2/h5-6,11,13,15,20H,7-10H2,1-4H3;1-2H3. The van der Waals surface area contributed by atoms with Crippen molar-refractivity contribution < 1.29 is 14.6 Å². The van der Waals surface area contributed by atoms with Crippen LogP contribution in [-0.2, 0) is 4.74 Å². The summed E-state index contributed by atoms with van der Waals surface area (Å²) >= 11 is 0. The van der Waals surface area contributed by atoms with Crippen molar-refractivity contribution in [3.8, 4) is 0 Å². The fraction of sp³-hybridized carbons (Fsp3) is 0.684. The molecule has 1 aromatic rings. The summed E-state index contributed by atoms with van der Waals surface area (Å²) in [6.07, 6.45) is 2.49. The number of piperidine rings is 1. The van der Waals surface area contributed by atoms with Crippen molar-refractivity contribution in [1.29, 1.82) is 0 Å². The van der Waals surface area contributed by atoms with Crippen LogP contribution in [0.15, 0.2) is 18.3 Å². The van der Waals surface area contributed by atoms with Gasteiger partial charge in [-0.25, -0.2) is 4.79 Å². The number of ether oxygens (including phenoxy) is 1. The predicted octanol–water partition coefficient (Wildman–Crippen LogP) is 4.10. The molecule has 0 aliphatic carbocycles. The first-order chi connectivity index (χ1) is 11.3. The van der Waals surface area contributed by atoms with Gasteiger partial charge in [0.2, 0.25) is 0 Å². The van der Waals surface area contributed by atoms with E-state index in [0.717, 1.165) is 24.1 Å². The minimum absolute atomic E-state index is 0.156. The van der Waals surface area contributed by atoms with Gasteiger partial charge in [0.15, 0.2) is 0 Å². The van der Waals surface area contributed by atoms with Crippen molar-refractivity contribution in [2.75, 3.05) is 13.1 Å². The highest BCUT2D eigenvalue weighted by Crippen LogP contribution is 2.30. The van der Waals surface area contributed by atoms with E-state index in [4.69, 9.17) is 4.74 Å². The lowest BCUT2D eigenvalue weighted by atomic mass is 9.88. The van der Waals surface area contributed by atoms with Crippen molar-refractivity contribution in [3.05, 3.63) is 29.6 Å². The summed E-state index contributed by atoms with van der Waals surface area (Å²) in [6.45, 7) is 12.8. The van der Waals surface area contributed by atoms with Gasteiger partial charge in [-0.2, -0.15) is 0 Å². The molecule has 1 aliphatic rings. The second-order valence-corrected chi connectivity index (χ2v) is 6.98. The van der Waals surface area contributed by atoms with Crippen LogP contribution in [-0.4, -0.2) is 39.8 Å². The van der Waals surface area contributed by atoms with E-state index in [0.29, 0.717) is 13.1 Å². The molecular weight excluding hydrogens is 304 g/mol. The molecule has 0 radical (unpaired) electrons. The van der Waals surface area contributed by atoms with E-state index in [2.05, 4.69) is 4.98 Å². The number of rotatable bonds is 2. The average Bonchev–Trinajstić information content (AvgIpc) is 2.55. The molecule has 0 saturated carbocycles. The largest absolute Gasteiger partial charge is 0.444 e. The average molecular weight is 336 g/mol. The maximum atomic E-state index is 12.0. The van der Waals surface area contributed by atoms with Crippen LogP contribution < -0.4 is 0 Å². The van der Waals surface area contributed by atoms with Gasteiger partial charge in [-0.05, 0) is 58.1 Å². The monoisotopic (exact) mass is 336 g/mol. The smallest absolute Gasteiger partial charge is 0.410 e. The van der Waals surface area contributed by atoms with E-state index >= 15 is 0 Å². The molecular formula is C19H32N2O3. The number of aliphatic hydroxyl groups is 1. The highest BCUT2D eigenvalue weighted by molar-refractivity contribution is 5.68. The number of aromatic nitrogens is 1. The fourth-order valence-corrected chi connectivity index (χ4v) is 2.65. The maximum absolute atomic E-state index is 12.0. The SMILES string of the molecule is CC.Cc1ccc(C(O)C2CCN(C(=O)OC(C)(C)C)CC2)cn1. The summed E-state index contributed by atoms with van der Waals surface area (Å²) in [5.74, 6) is 0.156. The molecule has 1 amide bonds. The van der Waals surface area contributed by atoms with Crippen LogP contribution in [0, 0.1) is 12.8 Å². The van der Waals surface area contributed by atoms with E-state index in [-0.39, 0.29) is 12.0 Å². The Labute approximate surface area is 146 Å². The van der Waals surface area contributed by atoms with Gasteiger partial charge in [-0.1, -0.05) is 19.9 Å². The minimum Gasteiger partial charge on any atom is -0.444 e. The number of pyridine rings is 1. The number of aliphatic hydroxyl groups excluding tert-OH is 1. The van der Waals surface area contributed by atoms with E-state index < -0.39 is 11.7 Å². The Balaban J connectivity index is 0.00000139. The number of carbonyl (C=O) groups is 1. The van der Waals surface area contributed by atoms with Crippen LogP contribution in [0.1, 0.15) is 64.8 Å². The number of likely N-dealkylation sites (tertiary alicyclic amines) is 1. The number of amides is 1. The van der Waals surface area contributed by atoms with Crippen LogP contribution in [0.5, 0.6) is 0 Å². The van der Waals surface area contributed by atoms with Crippen LogP contribution in [0.25, 0.3) is 0 Å². The predicted molar refractivity (Wildman–Crippen MR) is 95.8 cm³/mol. The van der Waals surface area contributed by atoms with Gasteiger partial charge in [-0.15, -0.1) is 0 Å². The molecule has 1 unspecified atom stereocenters. The molecule has 1 atom stereocenters. The highest BCUT2D eigenvalue weighted by atomic mass is 16.6. The second kappa shape index (κ2) is 9.02. The normalized spacial score (nSPS) is 16.9. The Hall–Kier alpha value is -1.62. The highest BCUT2D eigenvalue weighted by Gasteiger charge is 2.30. The molecule has 136 valence electrons. The number of aryl methyl sites for hydroxylation is 1. The lowest BCUT2D eigenvalue weighted by Crippen LogP contribution is -2.42. The zero-order valence-corrected chi connectivity index (χ0v) is 15.9. The van der Waals surface area contributed by atoms with E-state index in [9.17, 15) is 9.90 Å². The summed E-state index contributed by atoms with van der Waals surface area (Å²) in [5.41, 5.74) is 1.32. The number of hydrogen-bond acceptors (Lipinski definition) is 4. The molecule has 0 aromatic carbocycles. The van der Waals surface area contributed by atoms with Crippen LogP contribution in [0.4, 0.5) is 4.79 Å². The molecule has 0 bridgehead atoms. The van der Waals surface area contributed by atoms with Crippen LogP contribution in [0.3, 0.4) is 0 Å². The van der Waals surface area contributed by atoms with Crippen molar-refractivity contribution in [3.63, 3.8) is 0 Å². The molecule has 1 aromatic heterocycles. The summed E-state index contributed by atoms with van der Waals surface area (Å²) in [7, 11) is 0. The Morgan fingerprint density at radius 3 is 2.33 bits per heavy atom. The van der Waals surface area contributed by atoms with Gasteiger partial charge in [-0.3, -0.25) is 4.98 Å². The summed E-state index contributed by atoms with van der Waals surface area (Å²) < 4.78 is 5.39. The molecule has 2 heterocycles. The molecule has 24 heavy (non-hydrogen) atoms. The molecule has 1 saturated heterocycles. The van der Waals surface area contributed by atoms with Crippen molar-refractivity contribution in [1.82, 2.24) is 9.88 Å². The van der Waals surface area contributed by atoms with Gasteiger partial charge in [0.05, 0.1) is 6.10 Å². The fourth-order valence-electron chi connectivity index (χ4n) is 2.65. The summed E-state index contributed by atoms with van der Waals surface area (Å²) in [5, 5.41) is 10.5. The third-order valence-electron chi connectivity index (χ3n) is 3.91. The topological polar surface area (TPSA) is 62.7 Å². The summed E-state index contributed by atoms with van der Waals surface area (Å²) in [6, 6.07) is 3.83. The zero-order valence-electron chi connectivity index (χ0n) is 15.9.